The lowest BCUT2D eigenvalue weighted by Gasteiger charge is -2.32. The van der Waals surface area contributed by atoms with Crippen LogP contribution in [0, 0.1) is 0 Å². The highest BCUT2D eigenvalue weighted by Crippen LogP contribution is 2.20. The van der Waals surface area contributed by atoms with E-state index in [9.17, 15) is 0 Å². The molecule has 0 fully saturated rings. The monoisotopic (exact) mass is 380 g/mol. The zero-order chi connectivity index (χ0) is 13.3. The van der Waals surface area contributed by atoms with Gasteiger partial charge in [0, 0.05) is 7.05 Å². The molecule has 0 aromatic rings. The first kappa shape index (κ1) is 19.2. The maximum Gasteiger partial charge on any atom is 0.158 e. The molecule has 3 heteroatoms. The van der Waals surface area contributed by atoms with Crippen LogP contribution in [0.4, 0.5) is 0 Å². The molecule has 0 spiro atoms. The zero-order valence-corrected chi connectivity index (χ0v) is 15.4. The van der Waals surface area contributed by atoms with Crippen molar-refractivity contribution in [3.63, 3.8) is 0 Å². The molecule has 19 heavy (non-hydrogen) atoms. The van der Waals surface area contributed by atoms with Gasteiger partial charge in [-0.2, -0.15) is 0 Å². The minimum atomic E-state index is 0. The highest BCUT2D eigenvalue weighted by molar-refractivity contribution is 4.79. The fourth-order valence-corrected chi connectivity index (χ4v) is 2.90. The van der Waals surface area contributed by atoms with Gasteiger partial charge in [-0.15, -0.1) is 0 Å². The van der Waals surface area contributed by atoms with Gasteiger partial charge in [0.05, 0.1) is 19.3 Å². The summed E-state index contributed by atoms with van der Waals surface area (Å²) in [6.07, 6.45) is 15.8. The number of halogens is 1. The van der Waals surface area contributed by atoms with Crippen LogP contribution in [0.15, 0.2) is 12.4 Å². The number of quaternary nitrogens is 1. The molecule has 0 amide bonds. The topological polar surface area (TPSA) is 3.24 Å². The Kier molecular flexibility index (Phi) is 11.1. The van der Waals surface area contributed by atoms with Crippen LogP contribution < -0.4 is 24.0 Å². The van der Waals surface area contributed by atoms with Crippen molar-refractivity contribution in [3.8, 4) is 0 Å². The molecule has 0 saturated carbocycles. The van der Waals surface area contributed by atoms with Gasteiger partial charge in [0.25, 0.3) is 0 Å². The number of rotatable bonds is 10. The van der Waals surface area contributed by atoms with E-state index in [-0.39, 0.29) is 24.0 Å². The lowest BCUT2D eigenvalue weighted by Crippen LogP contribution is -3.00. The van der Waals surface area contributed by atoms with Gasteiger partial charge in [0.15, 0.2) is 6.67 Å². The van der Waals surface area contributed by atoms with Gasteiger partial charge in [0.2, 0.25) is 0 Å². The van der Waals surface area contributed by atoms with Crippen LogP contribution in [0.2, 0.25) is 0 Å². The van der Waals surface area contributed by atoms with Crippen LogP contribution in [-0.4, -0.2) is 36.2 Å². The largest absolute Gasteiger partial charge is 1.00 e. The maximum atomic E-state index is 2.44. The minimum absolute atomic E-state index is 0. The molecule has 1 rings (SSSR count). The third-order valence-corrected chi connectivity index (χ3v) is 4.06. The third kappa shape index (κ3) is 7.54. The molecule has 114 valence electrons. The van der Waals surface area contributed by atoms with Gasteiger partial charge in [-0.1, -0.05) is 39.5 Å². The second kappa shape index (κ2) is 11.0. The number of hydrogen-bond acceptors (Lipinski definition) is 1. The van der Waals surface area contributed by atoms with Gasteiger partial charge in [0.1, 0.15) is 6.20 Å². The van der Waals surface area contributed by atoms with E-state index in [1.807, 2.05) is 0 Å². The van der Waals surface area contributed by atoms with Gasteiger partial charge >= 0.3 is 0 Å². The average Bonchev–Trinajstić information content (AvgIpc) is 2.73. The van der Waals surface area contributed by atoms with E-state index < -0.39 is 0 Å². The Labute approximate surface area is 137 Å². The minimum Gasteiger partial charge on any atom is -1.00 e. The van der Waals surface area contributed by atoms with E-state index in [2.05, 4.69) is 38.2 Å². The molecule has 0 aliphatic carbocycles. The van der Waals surface area contributed by atoms with Crippen LogP contribution in [-0.2, 0) is 0 Å². The Hall–Kier alpha value is 0.230. The molecule has 0 N–H and O–H groups in total. The Morgan fingerprint density at radius 1 is 0.895 bits per heavy atom. The number of nitrogens with zero attached hydrogens (tertiary/aromatic N) is 2. The van der Waals surface area contributed by atoms with Crippen LogP contribution in [0.25, 0.3) is 0 Å². The van der Waals surface area contributed by atoms with Gasteiger partial charge in [-0.3, -0.25) is 4.48 Å². The van der Waals surface area contributed by atoms with E-state index in [0.717, 1.165) is 0 Å². The SMILES string of the molecule is CCCCCC[N+]1(CCCCCC)C=CN(C)C1.[I-]. The first-order valence-corrected chi connectivity index (χ1v) is 7.98. The Morgan fingerprint density at radius 2 is 1.42 bits per heavy atom. The fraction of sp³-hybridized carbons (Fsp3) is 0.875. The van der Waals surface area contributed by atoms with Crippen molar-refractivity contribution in [1.82, 2.24) is 4.90 Å². The summed E-state index contributed by atoms with van der Waals surface area (Å²) in [5.74, 6) is 0. The van der Waals surface area contributed by atoms with Gasteiger partial charge in [-0.25, -0.2) is 0 Å². The van der Waals surface area contributed by atoms with Gasteiger partial charge < -0.3 is 28.9 Å². The van der Waals surface area contributed by atoms with Crippen molar-refractivity contribution in [2.24, 2.45) is 0 Å². The Balaban J connectivity index is 0.00000324. The predicted octanol–water partition coefficient (Wildman–Crippen LogP) is 1.34. The van der Waals surface area contributed by atoms with Crippen LogP contribution in [0.3, 0.4) is 0 Å². The van der Waals surface area contributed by atoms with E-state index in [1.165, 1.54) is 75.6 Å². The lowest BCUT2D eigenvalue weighted by atomic mass is 10.1. The molecule has 0 unspecified atom stereocenters. The molecule has 2 nitrogen and oxygen atoms in total. The zero-order valence-electron chi connectivity index (χ0n) is 13.2. The van der Waals surface area contributed by atoms with Crippen LogP contribution >= 0.6 is 0 Å². The second-order valence-corrected chi connectivity index (χ2v) is 5.98. The van der Waals surface area contributed by atoms with Crippen molar-refractivity contribution in [3.05, 3.63) is 12.4 Å². The predicted molar refractivity (Wildman–Crippen MR) is 80.0 cm³/mol. The summed E-state index contributed by atoms with van der Waals surface area (Å²) in [5.41, 5.74) is 0. The standard InChI is InChI=1S/C16H33N2.HI/c1-4-6-8-10-13-18(14-11-9-7-5-2)15-12-17(3)16-18;/h12,15H,4-11,13-14,16H2,1-3H3;1H/q+1;/p-1. The molecule has 1 aliphatic rings. The second-order valence-electron chi connectivity index (χ2n) is 5.98. The third-order valence-electron chi connectivity index (χ3n) is 4.06. The molecule has 0 bridgehead atoms. The summed E-state index contributed by atoms with van der Waals surface area (Å²) < 4.78 is 1.21. The van der Waals surface area contributed by atoms with E-state index in [1.54, 1.807) is 0 Å². The summed E-state index contributed by atoms with van der Waals surface area (Å²) in [4.78, 5) is 2.35. The van der Waals surface area contributed by atoms with E-state index >= 15 is 0 Å². The number of unbranched alkanes of at least 4 members (excludes halogenated alkanes) is 6. The summed E-state index contributed by atoms with van der Waals surface area (Å²) in [6.45, 7) is 8.45. The molecule has 0 atom stereocenters. The molecule has 1 aliphatic heterocycles. The summed E-state index contributed by atoms with van der Waals surface area (Å²) in [5, 5.41) is 0. The van der Waals surface area contributed by atoms with Crippen molar-refractivity contribution in [2.75, 3.05) is 26.8 Å². The number of hydrogen-bond donors (Lipinski definition) is 0. The molecule has 0 saturated heterocycles. The van der Waals surface area contributed by atoms with Crippen LogP contribution in [0.1, 0.15) is 65.2 Å². The van der Waals surface area contributed by atoms with Crippen molar-refractivity contribution >= 4 is 0 Å². The quantitative estimate of drug-likeness (QED) is 0.314. The Morgan fingerprint density at radius 3 is 1.79 bits per heavy atom. The average molecular weight is 380 g/mol. The molecular formula is C16H33IN2. The summed E-state index contributed by atoms with van der Waals surface area (Å²) >= 11 is 0. The van der Waals surface area contributed by atoms with Crippen molar-refractivity contribution in [2.45, 2.75) is 65.2 Å². The van der Waals surface area contributed by atoms with E-state index in [0.29, 0.717) is 0 Å². The van der Waals surface area contributed by atoms with Gasteiger partial charge in [-0.05, 0) is 25.7 Å². The maximum absolute atomic E-state index is 2.44. The summed E-state index contributed by atoms with van der Waals surface area (Å²) in [6, 6.07) is 0. The molecule has 1 heterocycles. The Bertz CT molecular complexity index is 229. The molecule has 0 aromatic carbocycles. The first-order valence-electron chi connectivity index (χ1n) is 7.98. The molecule has 0 radical (unpaired) electrons. The normalized spacial score (nSPS) is 16.7. The smallest absolute Gasteiger partial charge is 0.158 e. The lowest BCUT2D eigenvalue weighted by molar-refractivity contribution is -0.881. The molecule has 0 aromatic heterocycles. The highest BCUT2D eigenvalue weighted by atomic mass is 127. The summed E-state index contributed by atoms with van der Waals surface area (Å²) in [7, 11) is 2.20. The van der Waals surface area contributed by atoms with Crippen LogP contribution in [0.5, 0.6) is 0 Å². The molecular weight excluding hydrogens is 347 g/mol. The highest BCUT2D eigenvalue weighted by Gasteiger charge is 2.29. The van der Waals surface area contributed by atoms with E-state index in [4.69, 9.17) is 0 Å². The van der Waals surface area contributed by atoms with Crippen molar-refractivity contribution < 1.29 is 28.5 Å². The first-order chi connectivity index (χ1) is 8.72. The fourth-order valence-electron chi connectivity index (χ4n) is 2.90. The van der Waals surface area contributed by atoms with Crippen molar-refractivity contribution in [1.29, 1.82) is 0 Å².